The minimum absolute atomic E-state index is 0.0495. The molecule has 178 valence electrons. The Morgan fingerprint density at radius 3 is 2.37 bits per heavy atom. The number of piperazine rings is 1. The van der Waals surface area contributed by atoms with E-state index in [1.807, 2.05) is 42.5 Å². The van der Waals surface area contributed by atoms with Crippen LogP contribution in [-0.4, -0.2) is 64.9 Å². The highest BCUT2D eigenvalue weighted by Gasteiger charge is 2.17. The maximum absolute atomic E-state index is 13.1. The molecular formula is C29H31N5O. The standard InChI is InChI=1S/C29H31N5O/c35-29(26-21-28(24-11-14-30-15-12-24)32-27-10-5-4-9-25(26)27)31-13-6-16-33-17-19-34(20-18-33)22-23-7-2-1-3-8-23/h1-5,7-12,14-15,21H,6,13,16-20,22H2,(H,31,35). The van der Waals surface area contributed by atoms with Gasteiger partial charge < -0.3 is 10.2 Å². The van der Waals surface area contributed by atoms with E-state index in [-0.39, 0.29) is 5.91 Å². The molecule has 5 rings (SSSR count). The maximum atomic E-state index is 13.1. The van der Waals surface area contributed by atoms with Gasteiger partial charge in [0.1, 0.15) is 0 Å². The van der Waals surface area contributed by atoms with Gasteiger partial charge in [-0.25, -0.2) is 4.98 Å². The van der Waals surface area contributed by atoms with Crippen molar-refractivity contribution in [2.45, 2.75) is 13.0 Å². The second kappa shape index (κ2) is 11.2. The lowest BCUT2D eigenvalue weighted by Gasteiger charge is -2.34. The number of benzene rings is 2. The Bertz CT molecular complexity index is 1250. The van der Waals surface area contributed by atoms with E-state index in [4.69, 9.17) is 4.98 Å². The van der Waals surface area contributed by atoms with Crippen molar-refractivity contribution in [1.29, 1.82) is 0 Å². The molecule has 4 aromatic rings. The Kier molecular flexibility index (Phi) is 7.41. The number of carbonyl (C=O) groups is 1. The van der Waals surface area contributed by atoms with Gasteiger partial charge in [-0.05, 0) is 42.8 Å². The number of para-hydroxylation sites is 1. The fourth-order valence-electron chi connectivity index (χ4n) is 4.65. The van der Waals surface area contributed by atoms with E-state index in [0.717, 1.165) is 67.8 Å². The summed E-state index contributed by atoms with van der Waals surface area (Å²) < 4.78 is 0. The number of pyridine rings is 2. The van der Waals surface area contributed by atoms with Crippen LogP contribution in [0.5, 0.6) is 0 Å². The smallest absolute Gasteiger partial charge is 0.252 e. The monoisotopic (exact) mass is 465 g/mol. The molecule has 0 atom stereocenters. The Hall–Kier alpha value is -3.61. The summed E-state index contributed by atoms with van der Waals surface area (Å²) in [4.78, 5) is 27.0. The molecule has 0 spiro atoms. The van der Waals surface area contributed by atoms with Gasteiger partial charge in [0.05, 0.1) is 16.8 Å². The number of rotatable bonds is 8. The predicted octanol–water partition coefficient (Wildman–Crippen LogP) is 4.23. The van der Waals surface area contributed by atoms with Crippen molar-refractivity contribution in [3.05, 3.63) is 96.3 Å². The minimum atomic E-state index is -0.0495. The molecule has 1 aliphatic heterocycles. The first-order valence-electron chi connectivity index (χ1n) is 12.3. The molecule has 0 unspecified atom stereocenters. The summed E-state index contributed by atoms with van der Waals surface area (Å²) in [6, 6.07) is 24.2. The highest BCUT2D eigenvalue weighted by Crippen LogP contribution is 2.24. The third-order valence-corrected chi connectivity index (χ3v) is 6.59. The normalized spacial score (nSPS) is 14.7. The van der Waals surface area contributed by atoms with Crippen LogP contribution in [0, 0.1) is 0 Å². The van der Waals surface area contributed by atoms with E-state index in [9.17, 15) is 4.79 Å². The SMILES string of the molecule is O=C(NCCCN1CCN(Cc2ccccc2)CC1)c1cc(-c2ccncc2)nc2ccccc12. The van der Waals surface area contributed by atoms with Gasteiger partial charge in [0.25, 0.3) is 5.91 Å². The fraction of sp³-hybridized carbons (Fsp3) is 0.276. The summed E-state index contributed by atoms with van der Waals surface area (Å²) in [5.41, 5.74) is 4.59. The average molecular weight is 466 g/mol. The lowest BCUT2D eigenvalue weighted by Crippen LogP contribution is -2.46. The van der Waals surface area contributed by atoms with E-state index < -0.39 is 0 Å². The number of fused-ring (bicyclic) bond motifs is 1. The molecule has 0 radical (unpaired) electrons. The van der Waals surface area contributed by atoms with Crippen molar-refractivity contribution < 1.29 is 4.79 Å². The van der Waals surface area contributed by atoms with Crippen LogP contribution in [0.2, 0.25) is 0 Å². The average Bonchev–Trinajstić information content (AvgIpc) is 2.92. The molecule has 2 aromatic carbocycles. The van der Waals surface area contributed by atoms with Gasteiger partial charge in [0.15, 0.2) is 0 Å². The molecular weight excluding hydrogens is 434 g/mol. The Morgan fingerprint density at radius 2 is 1.57 bits per heavy atom. The number of nitrogens with one attached hydrogen (secondary N) is 1. The van der Waals surface area contributed by atoms with Crippen LogP contribution in [0.25, 0.3) is 22.2 Å². The number of hydrogen-bond acceptors (Lipinski definition) is 5. The Labute approximate surface area is 206 Å². The molecule has 1 amide bonds. The van der Waals surface area contributed by atoms with E-state index in [2.05, 4.69) is 50.4 Å². The molecule has 1 aliphatic rings. The van der Waals surface area contributed by atoms with Gasteiger partial charge in [0, 0.05) is 62.6 Å². The summed E-state index contributed by atoms with van der Waals surface area (Å²) in [6.45, 7) is 7.00. The molecule has 35 heavy (non-hydrogen) atoms. The third kappa shape index (κ3) is 5.91. The van der Waals surface area contributed by atoms with Gasteiger partial charge in [-0.1, -0.05) is 48.5 Å². The first-order chi connectivity index (χ1) is 17.3. The van der Waals surface area contributed by atoms with E-state index in [1.165, 1.54) is 5.56 Å². The largest absolute Gasteiger partial charge is 0.352 e. The zero-order chi connectivity index (χ0) is 23.9. The lowest BCUT2D eigenvalue weighted by molar-refractivity contribution is 0.0948. The molecule has 1 N–H and O–H groups in total. The molecule has 6 heteroatoms. The molecule has 0 bridgehead atoms. The first kappa shape index (κ1) is 23.1. The fourth-order valence-corrected chi connectivity index (χ4v) is 4.65. The second-order valence-corrected chi connectivity index (χ2v) is 9.02. The number of hydrogen-bond donors (Lipinski definition) is 1. The van der Waals surface area contributed by atoms with Crippen LogP contribution in [0.1, 0.15) is 22.3 Å². The van der Waals surface area contributed by atoms with Gasteiger partial charge in [-0.3, -0.25) is 14.7 Å². The number of nitrogens with zero attached hydrogens (tertiary/aromatic N) is 4. The van der Waals surface area contributed by atoms with E-state index in [0.29, 0.717) is 12.1 Å². The Balaban J connectivity index is 1.14. The van der Waals surface area contributed by atoms with Crippen LogP contribution in [0.4, 0.5) is 0 Å². The molecule has 0 saturated carbocycles. The van der Waals surface area contributed by atoms with Crippen molar-refractivity contribution in [3.63, 3.8) is 0 Å². The molecule has 0 aliphatic carbocycles. The van der Waals surface area contributed by atoms with E-state index in [1.54, 1.807) is 12.4 Å². The zero-order valence-corrected chi connectivity index (χ0v) is 19.9. The van der Waals surface area contributed by atoms with Gasteiger partial charge in [-0.2, -0.15) is 0 Å². The highest BCUT2D eigenvalue weighted by atomic mass is 16.1. The number of amides is 1. The lowest BCUT2D eigenvalue weighted by atomic mass is 10.0. The topological polar surface area (TPSA) is 61.4 Å². The maximum Gasteiger partial charge on any atom is 0.252 e. The van der Waals surface area contributed by atoms with Crippen LogP contribution >= 0.6 is 0 Å². The summed E-state index contributed by atoms with van der Waals surface area (Å²) >= 11 is 0. The van der Waals surface area contributed by atoms with Crippen LogP contribution in [-0.2, 0) is 6.54 Å². The summed E-state index contributed by atoms with van der Waals surface area (Å²) in [6.07, 6.45) is 4.42. The van der Waals surface area contributed by atoms with Crippen molar-refractivity contribution in [1.82, 2.24) is 25.1 Å². The minimum Gasteiger partial charge on any atom is -0.352 e. The number of aromatic nitrogens is 2. The van der Waals surface area contributed by atoms with Gasteiger partial charge in [0.2, 0.25) is 0 Å². The number of carbonyl (C=O) groups excluding carboxylic acids is 1. The third-order valence-electron chi connectivity index (χ3n) is 6.59. The molecule has 1 fully saturated rings. The molecule has 2 aromatic heterocycles. The molecule has 1 saturated heterocycles. The quantitative estimate of drug-likeness (QED) is 0.395. The molecule has 6 nitrogen and oxygen atoms in total. The first-order valence-corrected chi connectivity index (χ1v) is 12.3. The van der Waals surface area contributed by atoms with Crippen molar-refractivity contribution in [3.8, 4) is 11.3 Å². The van der Waals surface area contributed by atoms with Crippen LogP contribution in [0.3, 0.4) is 0 Å². The predicted molar refractivity (Wildman–Crippen MR) is 140 cm³/mol. The van der Waals surface area contributed by atoms with Crippen LogP contribution < -0.4 is 5.32 Å². The van der Waals surface area contributed by atoms with Gasteiger partial charge in [-0.15, -0.1) is 0 Å². The van der Waals surface area contributed by atoms with Crippen molar-refractivity contribution >= 4 is 16.8 Å². The summed E-state index contributed by atoms with van der Waals surface area (Å²) in [5.74, 6) is -0.0495. The summed E-state index contributed by atoms with van der Waals surface area (Å²) in [5, 5.41) is 4.01. The van der Waals surface area contributed by atoms with Crippen LogP contribution in [0.15, 0.2) is 85.2 Å². The molecule has 3 heterocycles. The summed E-state index contributed by atoms with van der Waals surface area (Å²) in [7, 11) is 0. The Morgan fingerprint density at radius 1 is 0.857 bits per heavy atom. The van der Waals surface area contributed by atoms with Crippen molar-refractivity contribution in [2.75, 3.05) is 39.3 Å². The second-order valence-electron chi connectivity index (χ2n) is 9.02. The van der Waals surface area contributed by atoms with Crippen molar-refractivity contribution in [2.24, 2.45) is 0 Å². The van der Waals surface area contributed by atoms with Gasteiger partial charge >= 0.3 is 0 Å². The highest BCUT2D eigenvalue weighted by molar-refractivity contribution is 6.07. The van der Waals surface area contributed by atoms with E-state index >= 15 is 0 Å². The zero-order valence-electron chi connectivity index (χ0n) is 19.9.